The maximum atomic E-state index is 13.4. The minimum atomic E-state index is -1.30. The summed E-state index contributed by atoms with van der Waals surface area (Å²) in [5.41, 5.74) is 5.19. The van der Waals surface area contributed by atoms with Crippen LogP contribution in [-0.2, 0) is 4.79 Å². The van der Waals surface area contributed by atoms with Crippen molar-refractivity contribution in [3.63, 3.8) is 0 Å². The summed E-state index contributed by atoms with van der Waals surface area (Å²) in [5, 5.41) is 0. The predicted octanol–water partition coefficient (Wildman–Crippen LogP) is 1.63. The van der Waals surface area contributed by atoms with Gasteiger partial charge in [0.2, 0.25) is 5.91 Å². The number of rotatable bonds is 2. The van der Waals surface area contributed by atoms with Crippen LogP contribution in [0, 0.1) is 5.82 Å². The van der Waals surface area contributed by atoms with Gasteiger partial charge in [0.15, 0.2) is 0 Å². The molecule has 0 unspecified atom stereocenters. The van der Waals surface area contributed by atoms with Crippen LogP contribution in [0.4, 0.5) is 8.78 Å². The Bertz CT molecular complexity index is 538. The summed E-state index contributed by atoms with van der Waals surface area (Å²) in [7, 11) is 0. The average Bonchev–Trinajstić information content (AvgIpc) is 2.74. The van der Waals surface area contributed by atoms with Gasteiger partial charge in [-0.25, -0.2) is 8.78 Å². The lowest BCUT2D eigenvalue weighted by Crippen LogP contribution is -2.43. The van der Waals surface area contributed by atoms with Crippen molar-refractivity contribution in [2.75, 3.05) is 6.54 Å². The van der Waals surface area contributed by atoms with Gasteiger partial charge in [0.05, 0.1) is 12.1 Å². The van der Waals surface area contributed by atoms with Gasteiger partial charge in [-0.1, -0.05) is 0 Å². The van der Waals surface area contributed by atoms with Gasteiger partial charge in [0.25, 0.3) is 5.91 Å². The molecule has 2 rings (SSSR count). The molecule has 0 spiro atoms. The molecule has 1 aliphatic heterocycles. The highest BCUT2D eigenvalue weighted by Gasteiger charge is 2.39. The third kappa shape index (κ3) is 2.75. The molecule has 102 valence electrons. The molecule has 4 nitrogen and oxygen atoms in total. The predicted molar refractivity (Wildman–Crippen MR) is 67.6 cm³/mol. The van der Waals surface area contributed by atoms with Crippen molar-refractivity contribution in [3.05, 3.63) is 34.1 Å². The number of benzene rings is 1. The molecule has 2 amide bonds. The van der Waals surface area contributed by atoms with Crippen LogP contribution in [0.3, 0.4) is 0 Å². The maximum Gasteiger partial charge on any atom is 0.255 e. The zero-order chi connectivity index (χ0) is 14.2. The largest absolute Gasteiger partial charge is 0.368 e. The van der Waals surface area contributed by atoms with Gasteiger partial charge in [0, 0.05) is 10.9 Å². The molecule has 1 fully saturated rings. The van der Waals surface area contributed by atoms with Crippen LogP contribution in [0.1, 0.15) is 16.8 Å². The number of amides is 2. The van der Waals surface area contributed by atoms with Crippen molar-refractivity contribution in [2.24, 2.45) is 5.73 Å². The normalized spacial score (nSPS) is 22.6. The summed E-state index contributed by atoms with van der Waals surface area (Å²) in [6, 6.07) is 2.62. The molecule has 1 aliphatic rings. The van der Waals surface area contributed by atoms with Gasteiger partial charge in [0.1, 0.15) is 18.0 Å². The molecular weight excluding hydrogens is 322 g/mol. The van der Waals surface area contributed by atoms with Crippen LogP contribution < -0.4 is 5.73 Å². The van der Waals surface area contributed by atoms with E-state index in [1.807, 2.05) is 0 Å². The molecule has 0 bridgehead atoms. The van der Waals surface area contributed by atoms with E-state index in [0.717, 1.165) is 11.0 Å². The minimum absolute atomic E-state index is 0.0420. The van der Waals surface area contributed by atoms with E-state index in [4.69, 9.17) is 5.73 Å². The Kier molecular flexibility index (Phi) is 3.84. The van der Waals surface area contributed by atoms with Crippen LogP contribution in [0.15, 0.2) is 22.7 Å². The summed E-state index contributed by atoms with van der Waals surface area (Å²) in [5.74, 6) is -1.96. The SMILES string of the molecule is NC(=O)[C@@H]1C[C@@H](F)CN1C(=O)c1cc(F)ccc1Br. The first-order chi connectivity index (χ1) is 8.90. The number of primary amides is 1. The van der Waals surface area contributed by atoms with E-state index in [2.05, 4.69) is 15.9 Å². The Morgan fingerprint density at radius 2 is 2.11 bits per heavy atom. The highest BCUT2D eigenvalue weighted by atomic mass is 79.9. The van der Waals surface area contributed by atoms with Gasteiger partial charge in [-0.15, -0.1) is 0 Å². The van der Waals surface area contributed by atoms with Crippen LogP contribution in [-0.4, -0.2) is 35.5 Å². The summed E-state index contributed by atoms with van der Waals surface area (Å²) in [6.45, 7) is -0.213. The van der Waals surface area contributed by atoms with Gasteiger partial charge in [-0.2, -0.15) is 0 Å². The first-order valence-electron chi connectivity index (χ1n) is 5.59. The number of halogens is 3. The molecular formula is C12H11BrF2N2O2. The summed E-state index contributed by atoms with van der Waals surface area (Å²) < 4.78 is 26.9. The van der Waals surface area contributed by atoms with Crippen LogP contribution in [0.25, 0.3) is 0 Å². The number of hydrogen-bond acceptors (Lipinski definition) is 2. The molecule has 1 saturated heterocycles. The van der Waals surface area contributed by atoms with E-state index < -0.39 is 29.8 Å². The fourth-order valence-electron chi connectivity index (χ4n) is 2.09. The Balaban J connectivity index is 2.33. The third-order valence-corrected chi connectivity index (χ3v) is 3.69. The number of hydrogen-bond donors (Lipinski definition) is 1. The fourth-order valence-corrected chi connectivity index (χ4v) is 2.51. The highest BCUT2D eigenvalue weighted by molar-refractivity contribution is 9.10. The second kappa shape index (κ2) is 5.24. The molecule has 2 atom stereocenters. The number of carbonyl (C=O) groups excluding carboxylic acids is 2. The summed E-state index contributed by atoms with van der Waals surface area (Å²) >= 11 is 3.13. The number of likely N-dealkylation sites (tertiary alicyclic amines) is 1. The molecule has 2 N–H and O–H groups in total. The number of carbonyl (C=O) groups is 2. The average molecular weight is 333 g/mol. The quantitative estimate of drug-likeness (QED) is 0.894. The third-order valence-electron chi connectivity index (χ3n) is 3.00. The van der Waals surface area contributed by atoms with Crippen molar-refractivity contribution >= 4 is 27.7 Å². The zero-order valence-corrected chi connectivity index (χ0v) is 11.4. The number of nitrogens with two attached hydrogens (primary N) is 1. The van der Waals surface area contributed by atoms with E-state index in [9.17, 15) is 18.4 Å². The Hall–Kier alpha value is -1.50. The first-order valence-corrected chi connectivity index (χ1v) is 6.39. The molecule has 0 radical (unpaired) electrons. The first kappa shape index (κ1) is 13.9. The molecule has 0 aromatic heterocycles. The molecule has 1 aromatic rings. The second-order valence-corrected chi connectivity index (χ2v) is 5.19. The lowest BCUT2D eigenvalue weighted by molar-refractivity contribution is -0.121. The smallest absolute Gasteiger partial charge is 0.255 e. The van der Waals surface area contributed by atoms with Crippen LogP contribution in [0.2, 0.25) is 0 Å². The Morgan fingerprint density at radius 3 is 2.74 bits per heavy atom. The molecule has 0 saturated carbocycles. The van der Waals surface area contributed by atoms with E-state index in [1.165, 1.54) is 12.1 Å². The molecule has 1 heterocycles. The van der Waals surface area contributed by atoms with E-state index in [-0.39, 0.29) is 18.5 Å². The zero-order valence-electron chi connectivity index (χ0n) is 9.78. The molecule has 19 heavy (non-hydrogen) atoms. The second-order valence-electron chi connectivity index (χ2n) is 4.33. The summed E-state index contributed by atoms with van der Waals surface area (Å²) in [6.07, 6.45) is -1.41. The van der Waals surface area contributed by atoms with Gasteiger partial charge >= 0.3 is 0 Å². The van der Waals surface area contributed by atoms with Gasteiger partial charge in [-0.3, -0.25) is 9.59 Å². The molecule has 0 aliphatic carbocycles. The van der Waals surface area contributed by atoms with Crippen molar-refractivity contribution in [1.29, 1.82) is 0 Å². The fraction of sp³-hybridized carbons (Fsp3) is 0.333. The van der Waals surface area contributed by atoms with Crippen LogP contribution >= 0.6 is 15.9 Å². The van der Waals surface area contributed by atoms with Crippen molar-refractivity contribution < 1.29 is 18.4 Å². The maximum absolute atomic E-state index is 13.4. The van der Waals surface area contributed by atoms with E-state index in [0.29, 0.717) is 4.47 Å². The van der Waals surface area contributed by atoms with E-state index >= 15 is 0 Å². The van der Waals surface area contributed by atoms with Gasteiger partial charge < -0.3 is 10.6 Å². The molecule has 7 heteroatoms. The van der Waals surface area contributed by atoms with Crippen molar-refractivity contribution in [3.8, 4) is 0 Å². The number of alkyl halides is 1. The Morgan fingerprint density at radius 1 is 1.42 bits per heavy atom. The Labute approximate surface area is 116 Å². The van der Waals surface area contributed by atoms with E-state index in [1.54, 1.807) is 0 Å². The molecule has 1 aromatic carbocycles. The minimum Gasteiger partial charge on any atom is -0.368 e. The van der Waals surface area contributed by atoms with Crippen LogP contribution in [0.5, 0.6) is 0 Å². The topological polar surface area (TPSA) is 63.4 Å². The van der Waals surface area contributed by atoms with Crippen molar-refractivity contribution in [1.82, 2.24) is 4.90 Å². The highest BCUT2D eigenvalue weighted by Crippen LogP contribution is 2.26. The van der Waals surface area contributed by atoms with Crippen molar-refractivity contribution in [2.45, 2.75) is 18.6 Å². The standard InChI is InChI=1S/C12H11BrF2N2O2/c13-9-2-1-6(14)3-8(9)12(19)17-5-7(15)4-10(17)11(16)18/h1-3,7,10H,4-5H2,(H2,16,18)/t7-,10+/m1/s1. The summed E-state index contributed by atoms with van der Waals surface area (Å²) in [4.78, 5) is 24.5. The monoisotopic (exact) mass is 332 g/mol. The lowest BCUT2D eigenvalue weighted by Gasteiger charge is -2.22. The number of nitrogens with zero attached hydrogens (tertiary/aromatic N) is 1. The lowest BCUT2D eigenvalue weighted by atomic mass is 10.1. The van der Waals surface area contributed by atoms with Gasteiger partial charge in [-0.05, 0) is 34.1 Å².